The number of thiophene rings is 1. The first-order valence-electron chi connectivity index (χ1n) is 11.3. The van der Waals surface area contributed by atoms with E-state index in [2.05, 4.69) is 39.2 Å². The summed E-state index contributed by atoms with van der Waals surface area (Å²) < 4.78 is 11.7. The van der Waals surface area contributed by atoms with Crippen LogP contribution in [0.3, 0.4) is 0 Å². The Morgan fingerprint density at radius 3 is 2.52 bits per heavy atom. The first-order valence-corrected chi connectivity index (χ1v) is 12.1. The SMILES string of the molecule is CN=C(NCC(c1ccc(C)s1)N1CCOCC1)N1CCC(Oc2ccccc2)CC1. The largest absolute Gasteiger partial charge is 0.490 e. The van der Waals surface area contributed by atoms with Gasteiger partial charge in [-0.1, -0.05) is 18.2 Å². The van der Waals surface area contributed by atoms with Crippen LogP contribution in [0, 0.1) is 6.92 Å². The minimum Gasteiger partial charge on any atom is -0.490 e. The summed E-state index contributed by atoms with van der Waals surface area (Å²) in [7, 11) is 1.88. The number of hydrogen-bond donors (Lipinski definition) is 1. The lowest BCUT2D eigenvalue weighted by Crippen LogP contribution is -2.50. The third-order valence-corrected chi connectivity index (χ3v) is 7.13. The first-order chi connectivity index (χ1) is 15.2. The van der Waals surface area contributed by atoms with Crippen LogP contribution in [0.2, 0.25) is 0 Å². The Balaban J connectivity index is 1.32. The first kappa shape index (κ1) is 22.1. The van der Waals surface area contributed by atoms with Crippen LogP contribution >= 0.6 is 11.3 Å². The van der Waals surface area contributed by atoms with E-state index in [1.54, 1.807) is 0 Å². The van der Waals surface area contributed by atoms with Crippen LogP contribution in [0.4, 0.5) is 0 Å². The van der Waals surface area contributed by atoms with Crippen molar-refractivity contribution in [2.24, 2.45) is 4.99 Å². The fraction of sp³-hybridized carbons (Fsp3) is 0.542. The zero-order valence-corrected chi connectivity index (χ0v) is 19.4. The van der Waals surface area contributed by atoms with Crippen molar-refractivity contribution in [3.8, 4) is 5.75 Å². The molecule has 1 aromatic heterocycles. The number of guanidine groups is 1. The van der Waals surface area contributed by atoms with E-state index >= 15 is 0 Å². The van der Waals surface area contributed by atoms with E-state index in [4.69, 9.17) is 9.47 Å². The number of rotatable bonds is 6. The summed E-state index contributed by atoms with van der Waals surface area (Å²) in [4.78, 5) is 12.3. The van der Waals surface area contributed by atoms with Gasteiger partial charge in [0.2, 0.25) is 0 Å². The number of ether oxygens (including phenoxy) is 2. The van der Waals surface area contributed by atoms with E-state index in [0.717, 1.165) is 70.5 Å². The number of aryl methyl sites for hydroxylation is 1. The van der Waals surface area contributed by atoms with Gasteiger partial charge in [-0.15, -0.1) is 11.3 Å². The predicted molar refractivity (Wildman–Crippen MR) is 127 cm³/mol. The van der Waals surface area contributed by atoms with Crippen LogP contribution in [0.5, 0.6) is 5.75 Å². The standard InChI is InChI=1S/C24H34N4O2S/c1-19-8-9-23(31-19)22(27-14-16-29-17-15-27)18-26-24(25-2)28-12-10-21(11-13-28)30-20-6-4-3-5-7-20/h3-9,21-22H,10-18H2,1-2H3,(H,25,26). The number of nitrogens with zero attached hydrogens (tertiary/aromatic N) is 3. The number of para-hydroxylation sites is 1. The van der Waals surface area contributed by atoms with E-state index in [1.165, 1.54) is 9.75 Å². The molecule has 1 N–H and O–H groups in total. The van der Waals surface area contributed by atoms with Crippen molar-refractivity contribution in [2.45, 2.75) is 31.9 Å². The number of benzene rings is 1. The summed E-state index contributed by atoms with van der Waals surface area (Å²) in [6, 6.07) is 15.0. The van der Waals surface area contributed by atoms with Crippen molar-refractivity contribution in [3.63, 3.8) is 0 Å². The van der Waals surface area contributed by atoms with Gasteiger partial charge in [0.05, 0.1) is 19.3 Å². The summed E-state index contributed by atoms with van der Waals surface area (Å²) in [5.74, 6) is 1.95. The molecule has 1 atom stereocenters. The van der Waals surface area contributed by atoms with Gasteiger partial charge in [-0.2, -0.15) is 0 Å². The Labute approximate surface area is 189 Å². The van der Waals surface area contributed by atoms with Gasteiger partial charge in [0.1, 0.15) is 11.9 Å². The second-order valence-corrected chi connectivity index (χ2v) is 9.48. The van der Waals surface area contributed by atoms with Crippen molar-refractivity contribution in [2.75, 3.05) is 53.0 Å². The van der Waals surface area contributed by atoms with Gasteiger partial charge in [0.15, 0.2) is 5.96 Å². The monoisotopic (exact) mass is 442 g/mol. The van der Waals surface area contributed by atoms with Crippen molar-refractivity contribution < 1.29 is 9.47 Å². The highest BCUT2D eigenvalue weighted by molar-refractivity contribution is 7.12. The maximum absolute atomic E-state index is 6.15. The molecule has 7 heteroatoms. The maximum atomic E-state index is 6.15. The van der Waals surface area contributed by atoms with Gasteiger partial charge in [0.25, 0.3) is 0 Å². The Morgan fingerprint density at radius 1 is 1.13 bits per heavy atom. The topological polar surface area (TPSA) is 49.3 Å². The van der Waals surface area contributed by atoms with Crippen LogP contribution in [0.25, 0.3) is 0 Å². The third kappa shape index (κ3) is 5.99. The zero-order chi connectivity index (χ0) is 21.5. The number of aliphatic imine (C=N–C) groups is 1. The normalized spacial score (nSPS) is 19.9. The van der Waals surface area contributed by atoms with Gasteiger partial charge in [-0.05, 0) is 31.2 Å². The second kappa shape index (κ2) is 11.0. The van der Waals surface area contributed by atoms with E-state index in [-0.39, 0.29) is 6.10 Å². The molecule has 6 nitrogen and oxygen atoms in total. The molecule has 0 bridgehead atoms. The molecule has 2 saturated heterocycles. The summed E-state index contributed by atoms with van der Waals surface area (Å²) >= 11 is 1.89. The number of piperidine rings is 1. The van der Waals surface area contributed by atoms with Crippen molar-refractivity contribution in [1.82, 2.24) is 15.1 Å². The predicted octanol–water partition coefficient (Wildman–Crippen LogP) is 3.55. The summed E-state index contributed by atoms with van der Waals surface area (Å²) in [6.45, 7) is 8.52. The number of morpholine rings is 1. The minimum absolute atomic E-state index is 0.270. The van der Waals surface area contributed by atoms with Crippen LogP contribution in [-0.2, 0) is 4.74 Å². The summed E-state index contributed by atoms with van der Waals surface area (Å²) in [5, 5.41) is 3.67. The van der Waals surface area contributed by atoms with Crippen molar-refractivity contribution in [1.29, 1.82) is 0 Å². The Hall–Kier alpha value is -2.09. The molecule has 0 spiro atoms. The molecule has 1 aromatic carbocycles. The second-order valence-electron chi connectivity index (χ2n) is 8.16. The smallest absolute Gasteiger partial charge is 0.193 e. The summed E-state index contributed by atoms with van der Waals surface area (Å²) in [6.07, 6.45) is 2.28. The number of likely N-dealkylation sites (tertiary alicyclic amines) is 1. The van der Waals surface area contributed by atoms with Gasteiger partial charge in [0, 0.05) is 62.4 Å². The molecule has 0 radical (unpaired) electrons. The molecule has 31 heavy (non-hydrogen) atoms. The molecule has 2 aliphatic rings. The molecule has 2 aromatic rings. The van der Waals surface area contributed by atoms with E-state index in [1.807, 2.05) is 48.7 Å². The van der Waals surface area contributed by atoms with E-state index in [9.17, 15) is 0 Å². The highest BCUT2D eigenvalue weighted by atomic mass is 32.1. The lowest BCUT2D eigenvalue weighted by atomic mass is 10.1. The zero-order valence-electron chi connectivity index (χ0n) is 18.6. The fourth-order valence-corrected chi connectivity index (χ4v) is 5.34. The van der Waals surface area contributed by atoms with Crippen LogP contribution in [-0.4, -0.2) is 74.8 Å². The van der Waals surface area contributed by atoms with Crippen LogP contribution in [0.15, 0.2) is 47.5 Å². The molecular weight excluding hydrogens is 408 g/mol. The van der Waals surface area contributed by atoms with Crippen molar-refractivity contribution >= 4 is 17.3 Å². The van der Waals surface area contributed by atoms with Crippen LogP contribution < -0.4 is 10.1 Å². The lowest BCUT2D eigenvalue weighted by molar-refractivity contribution is 0.0175. The Bertz CT molecular complexity index is 827. The fourth-order valence-electron chi connectivity index (χ4n) is 4.33. The molecule has 168 valence electrons. The molecule has 0 aliphatic carbocycles. The molecule has 0 saturated carbocycles. The maximum Gasteiger partial charge on any atom is 0.193 e. The average Bonchev–Trinajstić information content (AvgIpc) is 3.25. The highest BCUT2D eigenvalue weighted by Crippen LogP contribution is 2.28. The third-order valence-electron chi connectivity index (χ3n) is 6.03. The van der Waals surface area contributed by atoms with Crippen LogP contribution in [0.1, 0.15) is 28.6 Å². The number of hydrogen-bond acceptors (Lipinski definition) is 5. The molecule has 3 heterocycles. The molecule has 1 unspecified atom stereocenters. The van der Waals surface area contributed by atoms with Crippen molar-refractivity contribution in [3.05, 3.63) is 52.2 Å². The quantitative estimate of drug-likeness (QED) is 0.548. The lowest BCUT2D eigenvalue weighted by Gasteiger charge is -2.37. The molecule has 2 fully saturated rings. The number of nitrogens with one attached hydrogen (secondary N) is 1. The van der Waals surface area contributed by atoms with Gasteiger partial charge in [-0.3, -0.25) is 9.89 Å². The molecule has 4 rings (SSSR count). The Kier molecular flexibility index (Phi) is 7.83. The van der Waals surface area contributed by atoms with E-state index < -0.39 is 0 Å². The molecular formula is C24H34N4O2S. The van der Waals surface area contributed by atoms with Gasteiger partial charge >= 0.3 is 0 Å². The van der Waals surface area contributed by atoms with Gasteiger partial charge in [-0.25, -0.2) is 0 Å². The average molecular weight is 443 g/mol. The van der Waals surface area contributed by atoms with Gasteiger partial charge < -0.3 is 19.7 Å². The highest BCUT2D eigenvalue weighted by Gasteiger charge is 2.26. The molecule has 2 aliphatic heterocycles. The Morgan fingerprint density at radius 2 is 1.87 bits per heavy atom. The minimum atomic E-state index is 0.270. The molecule has 0 amide bonds. The van der Waals surface area contributed by atoms with E-state index in [0.29, 0.717) is 6.04 Å². The summed E-state index contributed by atoms with van der Waals surface area (Å²) in [5.41, 5.74) is 0.